The second-order valence-electron chi connectivity index (χ2n) is 4.98. The van der Waals surface area contributed by atoms with Gasteiger partial charge in [-0.15, -0.1) is 0 Å². The lowest BCUT2D eigenvalue weighted by molar-refractivity contribution is -0.147. The topological polar surface area (TPSA) is 78.9 Å². The number of anilines is 1. The van der Waals surface area contributed by atoms with Crippen molar-refractivity contribution in [1.82, 2.24) is 4.90 Å². The van der Waals surface area contributed by atoms with Crippen molar-refractivity contribution in [3.63, 3.8) is 0 Å². The molecule has 1 aromatic rings. The van der Waals surface area contributed by atoms with Crippen molar-refractivity contribution in [3.05, 3.63) is 29.3 Å². The van der Waals surface area contributed by atoms with Crippen LogP contribution in [0.4, 0.5) is 5.69 Å². The number of carboxylic acid groups (broad SMARTS) is 1. The number of benzene rings is 1. The summed E-state index contributed by atoms with van der Waals surface area (Å²) < 4.78 is 5.15. The summed E-state index contributed by atoms with van der Waals surface area (Å²) in [7, 11) is 0. The molecule has 3 rings (SSSR count). The van der Waals surface area contributed by atoms with Gasteiger partial charge in [-0.1, -0.05) is 0 Å². The van der Waals surface area contributed by atoms with Gasteiger partial charge in [0, 0.05) is 24.3 Å². The van der Waals surface area contributed by atoms with E-state index in [2.05, 4.69) is 5.32 Å². The molecule has 2 N–H and O–H groups in total. The molecule has 1 saturated heterocycles. The Morgan fingerprint density at radius 2 is 2.25 bits per heavy atom. The van der Waals surface area contributed by atoms with Crippen LogP contribution in [0, 0.1) is 0 Å². The molecule has 0 aliphatic carbocycles. The summed E-state index contributed by atoms with van der Waals surface area (Å²) >= 11 is 0. The van der Waals surface area contributed by atoms with E-state index in [4.69, 9.17) is 4.74 Å². The van der Waals surface area contributed by atoms with E-state index in [1.54, 1.807) is 6.07 Å². The highest BCUT2D eigenvalue weighted by Crippen LogP contribution is 2.24. The Morgan fingerprint density at radius 1 is 1.40 bits per heavy atom. The molecule has 0 spiro atoms. The Kier molecular flexibility index (Phi) is 3.31. The van der Waals surface area contributed by atoms with E-state index in [1.165, 1.54) is 4.90 Å². The molecule has 2 aliphatic rings. The molecule has 1 atom stereocenters. The third-order valence-corrected chi connectivity index (χ3v) is 3.74. The van der Waals surface area contributed by atoms with Gasteiger partial charge < -0.3 is 20.1 Å². The van der Waals surface area contributed by atoms with E-state index < -0.39 is 12.0 Å². The Hall–Kier alpha value is -2.08. The molecule has 106 valence electrons. The van der Waals surface area contributed by atoms with Gasteiger partial charge in [-0.3, -0.25) is 4.79 Å². The van der Waals surface area contributed by atoms with Crippen LogP contribution in [-0.4, -0.2) is 54.2 Å². The smallest absolute Gasteiger partial charge is 0.328 e. The third-order valence-electron chi connectivity index (χ3n) is 3.74. The Morgan fingerprint density at radius 3 is 3.05 bits per heavy atom. The van der Waals surface area contributed by atoms with Gasteiger partial charge in [0.15, 0.2) is 6.04 Å². The van der Waals surface area contributed by atoms with Crippen LogP contribution in [0.2, 0.25) is 0 Å². The number of carbonyl (C=O) groups is 2. The van der Waals surface area contributed by atoms with Crippen LogP contribution in [0.25, 0.3) is 0 Å². The van der Waals surface area contributed by atoms with Crippen molar-refractivity contribution in [2.24, 2.45) is 0 Å². The lowest BCUT2D eigenvalue weighted by Crippen LogP contribution is -2.52. The average Bonchev–Trinajstić information content (AvgIpc) is 2.93. The molecule has 1 unspecified atom stereocenters. The number of hydrogen-bond donors (Lipinski definition) is 2. The van der Waals surface area contributed by atoms with Crippen molar-refractivity contribution < 1.29 is 19.4 Å². The van der Waals surface area contributed by atoms with E-state index >= 15 is 0 Å². The van der Waals surface area contributed by atoms with Gasteiger partial charge in [-0.25, -0.2) is 4.79 Å². The number of morpholine rings is 1. The molecule has 1 amide bonds. The molecule has 6 nitrogen and oxygen atoms in total. The largest absolute Gasteiger partial charge is 0.480 e. The van der Waals surface area contributed by atoms with Crippen molar-refractivity contribution in [3.8, 4) is 0 Å². The monoisotopic (exact) mass is 276 g/mol. The van der Waals surface area contributed by atoms with Gasteiger partial charge in [0.2, 0.25) is 0 Å². The number of hydrogen-bond acceptors (Lipinski definition) is 4. The fraction of sp³-hybridized carbons (Fsp3) is 0.429. The fourth-order valence-electron chi connectivity index (χ4n) is 2.66. The van der Waals surface area contributed by atoms with Crippen LogP contribution in [0.1, 0.15) is 15.9 Å². The van der Waals surface area contributed by atoms with Crippen LogP contribution in [0.5, 0.6) is 0 Å². The zero-order valence-corrected chi connectivity index (χ0v) is 11.0. The second-order valence-corrected chi connectivity index (χ2v) is 4.98. The van der Waals surface area contributed by atoms with E-state index in [1.807, 2.05) is 12.1 Å². The Balaban J connectivity index is 1.85. The van der Waals surface area contributed by atoms with E-state index in [-0.39, 0.29) is 12.5 Å². The molecule has 2 heterocycles. The first kappa shape index (κ1) is 12.9. The molecule has 6 heteroatoms. The highest BCUT2D eigenvalue weighted by atomic mass is 16.5. The lowest BCUT2D eigenvalue weighted by atomic mass is 10.1. The van der Waals surface area contributed by atoms with Crippen molar-refractivity contribution in [2.45, 2.75) is 12.5 Å². The summed E-state index contributed by atoms with van der Waals surface area (Å²) in [5.74, 6) is -1.27. The Labute approximate surface area is 116 Å². The summed E-state index contributed by atoms with van der Waals surface area (Å²) in [6, 6.07) is 4.58. The third kappa shape index (κ3) is 2.22. The summed E-state index contributed by atoms with van der Waals surface area (Å²) in [6.45, 7) is 1.61. The number of nitrogens with zero attached hydrogens (tertiary/aromatic N) is 1. The minimum Gasteiger partial charge on any atom is -0.480 e. The minimum absolute atomic E-state index is 0.0492. The molecule has 20 heavy (non-hydrogen) atoms. The molecule has 1 fully saturated rings. The van der Waals surface area contributed by atoms with Gasteiger partial charge in [-0.2, -0.15) is 0 Å². The van der Waals surface area contributed by atoms with Gasteiger partial charge in [0.05, 0.1) is 13.2 Å². The van der Waals surface area contributed by atoms with Crippen LogP contribution >= 0.6 is 0 Å². The molecule has 0 saturated carbocycles. The maximum atomic E-state index is 12.5. The van der Waals surface area contributed by atoms with Crippen molar-refractivity contribution in [2.75, 3.05) is 31.6 Å². The molecule has 0 radical (unpaired) electrons. The van der Waals surface area contributed by atoms with Crippen LogP contribution in [-0.2, 0) is 16.0 Å². The van der Waals surface area contributed by atoms with Gasteiger partial charge in [0.1, 0.15) is 0 Å². The number of amides is 1. The average molecular weight is 276 g/mol. The first-order valence-corrected chi connectivity index (χ1v) is 6.65. The van der Waals surface area contributed by atoms with E-state index in [0.29, 0.717) is 18.7 Å². The Bertz CT molecular complexity index is 558. The molecular weight excluding hydrogens is 260 g/mol. The lowest BCUT2D eigenvalue weighted by Gasteiger charge is -2.33. The zero-order chi connectivity index (χ0) is 14.1. The maximum Gasteiger partial charge on any atom is 0.328 e. The first-order valence-electron chi connectivity index (χ1n) is 6.65. The molecule has 1 aromatic carbocycles. The number of ether oxygens (including phenoxy) is 1. The standard InChI is InChI=1S/C14H16N2O4/c17-13(16-5-6-20-8-12(16)14(18)19)10-1-2-11-9(7-10)3-4-15-11/h1-2,7,12,15H,3-6,8H2,(H,18,19). The molecule has 0 aromatic heterocycles. The number of nitrogens with one attached hydrogen (secondary N) is 1. The number of carboxylic acids is 1. The molecule has 0 bridgehead atoms. The maximum absolute atomic E-state index is 12.5. The summed E-state index contributed by atoms with van der Waals surface area (Å²) in [5.41, 5.74) is 2.70. The minimum atomic E-state index is -1.03. The van der Waals surface area contributed by atoms with Crippen molar-refractivity contribution >= 4 is 17.6 Å². The van der Waals surface area contributed by atoms with Gasteiger partial charge in [0.25, 0.3) is 5.91 Å². The molecular formula is C14H16N2O4. The molecule has 2 aliphatic heterocycles. The van der Waals surface area contributed by atoms with E-state index in [9.17, 15) is 14.7 Å². The highest BCUT2D eigenvalue weighted by Gasteiger charge is 2.33. The fourth-order valence-corrected chi connectivity index (χ4v) is 2.66. The van der Waals surface area contributed by atoms with Crippen LogP contribution < -0.4 is 5.32 Å². The quantitative estimate of drug-likeness (QED) is 0.826. The van der Waals surface area contributed by atoms with Crippen molar-refractivity contribution in [1.29, 1.82) is 0 Å². The van der Waals surface area contributed by atoms with Gasteiger partial charge >= 0.3 is 5.97 Å². The number of rotatable bonds is 2. The summed E-state index contributed by atoms with van der Waals surface area (Å²) in [5, 5.41) is 12.4. The van der Waals surface area contributed by atoms with Crippen LogP contribution in [0.3, 0.4) is 0 Å². The second kappa shape index (κ2) is 5.13. The zero-order valence-electron chi connectivity index (χ0n) is 11.0. The summed E-state index contributed by atoms with van der Waals surface area (Å²) in [6.07, 6.45) is 0.891. The van der Waals surface area contributed by atoms with Crippen LogP contribution in [0.15, 0.2) is 18.2 Å². The SMILES string of the molecule is O=C(O)C1COCCN1C(=O)c1ccc2c(c1)CCN2. The predicted molar refractivity (Wildman–Crippen MR) is 71.9 cm³/mol. The highest BCUT2D eigenvalue weighted by molar-refractivity contribution is 5.97. The first-order chi connectivity index (χ1) is 9.66. The number of fused-ring (bicyclic) bond motifs is 1. The number of aliphatic carboxylic acids is 1. The summed E-state index contributed by atoms with van der Waals surface area (Å²) in [4.78, 5) is 25.1. The van der Waals surface area contributed by atoms with E-state index in [0.717, 1.165) is 24.2 Å². The van der Waals surface area contributed by atoms with Gasteiger partial charge in [-0.05, 0) is 30.2 Å². The predicted octanol–water partition coefficient (Wildman–Crippen LogP) is 0.580. The normalized spacial score (nSPS) is 21.2. The number of carbonyl (C=O) groups excluding carboxylic acids is 1.